The Labute approximate surface area is 210 Å². The number of hydrogen-bond donors (Lipinski definition) is 6. The Morgan fingerprint density at radius 2 is 1.38 bits per heavy atom. The molecule has 10 nitrogen and oxygen atoms in total. The largest absolute Gasteiger partial charge is 0.412 e. The third kappa shape index (κ3) is 14.1. The quantitative estimate of drug-likeness (QED) is 0.222. The summed E-state index contributed by atoms with van der Waals surface area (Å²) in [6.07, 6.45) is 3.42. The first-order chi connectivity index (χ1) is 14.9. The molecule has 0 saturated carbocycles. The van der Waals surface area contributed by atoms with Gasteiger partial charge in [0.2, 0.25) is 10.0 Å². The molecule has 2 amide bonds. The lowest BCUT2D eigenvalue weighted by Gasteiger charge is -2.08. The van der Waals surface area contributed by atoms with Crippen molar-refractivity contribution >= 4 is 45.8 Å². The fraction of sp³-hybridized carbons (Fsp3) is 0.0952. The van der Waals surface area contributed by atoms with Gasteiger partial charge in [-0.25, -0.2) is 13.6 Å². The molecule has 2 aromatic carbocycles. The molecule has 0 fully saturated rings. The Morgan fingerprint density at radius 1 is 0.971 bits per heavy atom. The molecule has 3 rings (SSSR count). The third-order valence-electron chi connectivity index (χ3n) is 3.19. The molecular weight excluding hydrogens is 498 g/mol. The summed E-state index contributed by atoms with van der Waals surface area (Å²) < 4.78 is 23.5. The second-order valence-corrected chi connectivity index (χ2v) is 8.06. The van der Waals surface area contributed by atoms with Crippen LogP contribution in [0.1, 0.15) is 14.4 Å². The van der Waals surface area contributed by atoms with Gasteiger partial charge in [-0.15, -0.1) is 6.58 Å². The lowest BCUT2D eigenvalue weighted by Crippen LogP contribution is -2.13. The first-order valence-corrected chi connectivity index (χ1v) is 11.1. The Hall–Kier alpha value is -3.10. The van der Waals surface area contributed by atoms with Gasteiger partial charge in [0.15, 0.2) is 0 Å². The number of H-pyrrole nitrogens is 1. The van der Waals surface area contributed by atoms with Crippen molar-refractivity contribution in [3.05, 3.63) is 73.4 Å². The van der Waals surface area contributed by atoms with E-state index in [9.17, 15) is 8.42 Å². The molecule has 0 aliphatic carbocycles. The Bertz CT molecular complexity index is 1100. The van der Waals surface area contributed by atoms with Crippen LogP contribution in [0, 0.1) is 0 Å². The van der Waals surface area contributed by atoms with Gasteiger partial charge in [0.1, 0.15) is 0 Å². The minimum Gasteiger partial charge on any atom is -0.412 e. The maximum absolute atomic E-state index is 11.7. The average molecular weight is 530 g/mol. The molecule has 188 valence electrons. The summed E-state index contributed by atoms with van der Waals surface area (Å²) in [5.74, 6) is 0. The average Bonchev–Trinajstić information content (AvgIpc) is 3.17. The number of nitrogens with one attached hydrogen (secondary N) is 1. The minimum atomic E-state index is -3.81. The van der Waals surface area contributed by atoms with Gasteiger partial charge >= 0.3 is 0 Å². The predicted octanol–water partition coefficient (Wildman–Crippen LogP) is 3.38. The number of aromatic amines is 1. The van der Waals surface area contributed by atoms with Crippen molar-refractivity contribution in [3.8, 4) is 22.4 Å². The summed E-state index contributed by atoms with van der Waals surface area (Å²) in [6, 6.07) is 16.2. The number of aromatic nitrogens is 2. The Morgan fingerprint density at radius 3 is 1.82 bits per heavy atom. The molecule has 3 aromatic rings. The lowest BCUT2D eigenvalue weighted by atomic mass is 10.0. The van der Waals surface area contributed by atoms with Crippen LogP contribution in [-0.2, 0) is 10.0 Å². The molecule has 0 unspecified atom stereocenters. The molecule has 9 N–H and O–H groups in total. The summed E-state index contributed by atoms with van der Waals surface area (Å²) in [5.41, 5.74) is 11.6. The standard InChI is InChI=1S/C15H13N3O2S.C3H6.2CH3NOS.CH4.H2O/c16-21(19,20)14-9-5-4-8-12(14)15-13(10-17-18-15)11-6-2-1-3-7-11;1-3-2;2*2-1(3)4;;/h1-10H,(H,17,18)(H2,16,19,20);3H,1H2,2H3;2*(H3,2,3,4);1H4;1H2. The van der Waals surface area contributed by atoms with Gasteiger partial charge in [-0.3, -0.25) is 14.7 Å². The summed E-state index contributed by atoms with van der Waals surface area (Å²) in [7, 11) is -3.81. The molecule has 0 bridgehead atoms. The van der Waals surface area contributed by atoms with Crippen LogP contribution in [0.25, 0.3) is 22.4 Å². The molecule has 0 aliphatic heterocycles. The monoisotopic (exact) mass is 529 g/mol. The van der Waals surface area contributed by atoms with Crippen molar-refractivity contribution in [2.45, 2.75) is 19.2 Å². The van der Waals surface area contributed by atoms with Gasteiger partial charge in [0, 0.05) is 11.1 Å². The van der Waals surface area contributed by atoms with E-state index in [1.165, 1.54) is 6.07 Å². The number of nitrogens with zero attached hydrogens (tertiary/aromatic N) is 1. The minimum absolute atomic E-state index is 0. The molecule has 0 saturated heterocycles. The van der Waals surface area contributed by atoms with Crippen LogP contribution in [0.3, 0.4) is 0 Å². The molecule has 13 heteroatoms. The number of primary amides is 2. The van der Waals surface area contributed by atoms with Gasteiger partial charge in [-0.1, -0.05) is 87.3 Å². The van der Waals surface area contributed by atoms with Crippen LogP contribution in [-0.4, -0.2) is 34.6 Å². The molecular formula is C21H31N5O5S3. The van der Waals surface area contributed by atoms with Crippen molar-refractivity contribution in [3.63, 3.8) is 0 Å². The van der Waals surface area contributed by atoms with Crippen molar-refractivity contribution in [2.24, 2.45) is 16.6 Å². The molecule has 0 radical (unpaired) electrons. The van der Waals surface area contributed by atoms with Crippen LogP contribution in [0.2, 0.25) is 0 Å². The summed E-state index contributed by atoms with van der Waals surface area (Å²) in [4.78, 5) is 18.2. The van der Waals surface area contributed by atoms with Gasteiger partial charge < -0.3 is 16.9 Å². The Kier molecular flexibility index (Phi) is 19.1. The third-order valence-corrected chi connectivity index (χ3v) is 4.16. The highest BCUT2D eigenvalue weighted by atomic mass is 32.2. The second-order valence-electron chi connectivity index (χ2n) is 5.65. The van der Waals surface area contributed by atoms with Crippen LogP contribution >= 0.6 is 25.3 Å². The van der Waals surface area contributed by atoms with Gasteiger partial charge in [0.05, 0.1) is 16.8 Å². The maximum Gasteiger partial charge on any atom is 0.273 e. The van der Waals surface area contributed by atoms with Crippen LogP contribution in [0.4, 0.5) is 9.59 Å². The highest BCUT2D eigenvalue weighted by molar-refractivity contribution is 7.96. The van der Waals surface area contributed by atoms with Crippen molar-refractivity contribution in [1.82, 2.24) is 10.2 Å². The van der Waals surface area contributed by atoms with Crippen LogP contribution < -0.4 is 16.6 Å². The first kappa shape index (κ1) is 35.5. The number of carbonyl (C=O) groups is 2. The van der Waals surface area contributed by atoms with Gasteiger partial charge in [-0.2, -0.15) is 5.10 Å². The SMILES string of the molecule is C.C=CC.NC(=O)S.NC(=O)S.NS(=O)(=O)c1ccccc1-c1[nH]ncc1-c1ccccc1.O. The number of primary sulfonamides is 1. The topological polar surface area (TPSA) is 207 Å². The molecule has 0 aliphatic rings. The highest BCUT2D eigenvalue weighted by Crippen LogP contribution is 2.33. The summed E-state index contributed by atoms with van der Waals surface area (Å²) >= 11 is 6.21. The second kappa shape index (κ2) is 18.3. The van der Waals surface area contributed by atoms with Crippen LogP contribution in [0.5, 0.6) is 0 Å². The smallest absolute Gasteiger partial charge is 0.273 e. The predicted molar refractivity (Wildman–Crippen MR) is 144 cm³/mol. The number of rotatable bonds is 3. The normalized spacial score (nSPS) is 8.94. The van der Waals surface area contributed by atoms with Crippen LogP contribution in [0.15, 0.2) is 78.3 Å². The maximum atomic E-state index is 11.7. The van der Waals surface area contributed by atoms with Crippen molar-refractivity contribution in [1.29, 1.82) is 0 Å². The zero-order valence-corrected chi connectivity index (χ0v) is 20.3. The molecule has 0 spiro atoms. The molecule has 1 aromatic heterocycles. The van der Waals surface area contributed by atoms with Gasteiger partial charge in [0.25, 0.3) is 10.5 Å². The van der Waals surface area contributed by atoms with Crippen molar-refractivity contribution < 1.29 is 23.5 Å². The highest BCUT2D eigenvalue weighted by Gasteiger charge is 2.18. The van der Waals surface area contributed by atoms with E-state index >= 15 is 0 Å². The number of benzene rings is 2. The van der Waals surface area contributed by atoms with E-state index in [1.54, 1.807) is 30.5 Å². The summed E-state index contributed by atoms with van der Waals surface area (Å²) in [6.45, 7) is 5.25. The number of thiol groups is 2. The number of allylic oxidation sites excluding steroid dienone is 1. The molecule has 34 heavy (non-hydrogen) atoms. The molecule has 1 heterocycles. The number of hydrogen-bond acceptors (Lipinski definition) is 5. The van der Waals surface area contributed by atoms with E-state index in [1.807, 2.05) is 37.3 Å². The van der Waals surface area contributed by atoms with Gasteiger partial charge in [-0.05, 0) is 18.6 Å². The number of carbonyl (C=O) groups excluding carboxylic acids is 2. The fourth-order valence-corrected chi connectivity index (χ4v) is 2.99. The number of sulfonamides is 1. The van der Waals surface area contributed by atoms with E-state index < -0.39 is 20.5 Å². The zero-order valence-electron chi connectivity index (χ0n) is 17.7. The Balaban J connectivity index is -0.000000630. The first-order valence-electron chi connectivity index (χ1n) is 8.70. The summed E-state index contributed by atoms with van der Waals surface area (Å²) in [5, 5.41) is 10.9. The zero-order chi connectivity index (χ0) is 24.7. The van der Waals surface area contributed by atoms with E-state index in [4.69, 9.17) is 14.7 Å². The van der Waals surface area contributed by atoms with E-state index in [0.717, 1.165) is 11.1 Å². The van der Waals surface area contributed by atoms with E-state index in [0.29, 0.717) is 11.3 Å². The number of nitrogens with two attached hydrogens (primary N) is 3. The fourth-order valence-electron chi connectivity index (χ4n) is 2.25. The molecule has 0 atom stereocenters. The van der Waals surface area contributed by atoms with E-state index in [2.05, 4.69) is 53.5 Å². The van der Waals surface area contributed by atoms with Crippen molar-refractivity contribution in [2.75, 3.05) is 0 Å². The number of amides is 2. The lowest BCUT2D eigenvalue weighted by molar-refractivity contribution is 0.266. The van der Waals surface area contributed by atoms with E-state index in [-0.39, 0.29) is 17.8 Å².